The smallest absolute Gasteiger partial charge is 0.146 e. The third-order valence-corrected chi connectivity index (χ3v) is 5.06. The van der Waals surface area contributed by atoms with E-state index in [-0.39, 0.29) is 0 Å². The zero-order valence-corrected chi connectivity index (χ0v) is 14.1. The number of hydrogen-bond acceptors (Lipinski definition) is 3. The molecule has 0 aliphatic heterocycles. The first-order valence-electron chi connectivity index (χ1n) is 8.54. The molecule has 0 aliphatic carbocycles. The average Bonchev–Trinajstić information content (AvgIpc) is 3.35. The zero-order chi connectivity index (χ0) is 17.3. The summed E-state index contributed by atoms with van der Waals surface area (Å²) in [5, 5.41) is 4.39. The van der Waals surface area contributed by atoms with Gasteiger partial charge in [0.05, 0.1) is 5.56 Å². The Hall–Kier alpha value is -3.53. The van der Waals surface area contributed by atoms with E-state index < -0.39 is 0 Å². The first kappa shape index (κ1) is 13.7. The summed E-state index contributed by atoms with van der Waals surface area (Å²) >= 11 is 0. The Morgan fingerprint density at radius 2 is 1.54 bits per heavy atom. The third kappa shape index (κ3) is 1.66. The number of para-hydroxylation sites is 2. The molecule has 4 nitrogen and oxygen atoms in total. The maximum absolute atomic E-state index is 6.29. The molecule has 0 atom stereocenters. The highest BCUT2D eigenvalue weighted by Gasteiger charge is 2.19. The molecule has 3 aromatic heterocycles. The summed E-state index contributed by atoms with van der Waals surface area (Å²) in [6, 6.07) is 18.3. The van der Waals surface area contributed by atoms with E-state index in [1.54, 1.807) is 6.20 Å². The van der Waals surface area contributed by atoms with Gasteiger partial charge in [-0.2, -0.15) is 0 Å². The zero-order valence-electron chi connectivity index (χ0n) is 14.1. The normalized spacial score (nSPS) is 12.0. The van der Waals surface area contributed by atoms with Crippen LogP contribution in [-0.4, -0.2) is 9.55 Å². The summed E-state index contributed by atoms with van der Waals surface area (Å²) in [7, 11) is 1.99. The first-order valence-corrected chi connectivity index (χ1v) is 8.54. The van der Waals surface area contributed by atoms with Gasteiger partial charge in [0.2, 0.25) is 0 Å². The predicted octanol–water partition coefficient (Wildman–Crippen LogP) is 5.89. The molecule has 0 saturated carbocycles. The Balaban J connectivity index is 1.84. The molecule has 6 aromatic rings. The van der Waals surface area contributed by atoms with Crippen LogP contribution in [0.3, 0.4) is 0 Å². The quantitative estimate of drug-likeness (QED) is 0.376. The van der Waals surface area contributed by atoms with E-state index in [9.17, 15) is 0 Å². The standard InChI is InChI=1S/C22H14N2O2/c1-24-12-11-23-22(24)15-7-4-6-14-20-18(26-21(14)15)10-9-17-19(20)13-5-2-3-8-16(13)25-17/h2-12H,1H3. The number of aryl methyl sites for hydroxylation is 1. The molecular formula is C22H14N2O2. The summed E-state index contributed by atoms with van der Waals surface area (Å²) in [6.45, 7) is 0. The van der Waals surface area contributed by atoms with Gasteiger partial charge in [0.25, 0.3) is 0 Å². The summed E-state index contributed by atoms with van der Waals surface area (Å²) in [5.74, 6) is 0.892. The summed E-state index contributed by atoms with van der Waals surface area (Å²) in [5.41, 5.74) is 4.48. The molecule has 3 aromatic carbocycles. The van der Waals surface area contributed by atoms with Crippen LogP contribution in [0.5, 0.6) is 0 Å². The fraction of sp³-hybridized carbons (Fsp3) is 0.0455. The summed E-state index contributed by atoms with van der Waals surface area (Å²) in [6.07, 6.45) is 3.75. The van der Waals surface area contributed by atoms with Gasteiger partial charge in [0, 0.05) is 41.0 Å². The van der Waals surface area contributed by atoms with Gasteiger partial charge >= 0.3 is 0 Å². The van der Waals surface area contributed by atoms with Gasteiger partial charge in [0.1, 0.15) is 28.2 Å². The van der Waals surface area contributed by atoms with E-state index in [4.69, 9.17) is 8.83 Å². The van der Waals surface area contributed by atoms with Gasteiger partial charge in [-0.3, -0.25) is 0 Å². The molecule has 26 heavy (non-hydrogen) atoms. The van der Waals surface area contributed by atoms with Gasteiger partial charge in [-0.15, -0.1) is 0 Å². The van der Waals surface area contributed by atoms with Crippen molar-refractivity contribution in [1.82, 2.24) is 9.55 Å². The largest absolute Gasteiger partial charge is 0.456 e. The lowest BCUT2D eigenvalue weighted by Crippen LogP contribution is -1.91. The molecule has 0 saturated heterocycles. The predicted molar refractivity (Wildman–Crippen MR) is 103 cm³/mol. The average molecular weight is 338 g/mol. The molecule has 0 unspecified atom stereocenters. The van der Waals surface area contributed by atoms with Crippen LogP contribution in [0.1, 0.15) is 0 Å². The highest BCUT2D eigenvalue weighted by atomic mass is 16.3. The van der Waals surface area contributed by atoms with E-state index in [1.165, 1.54) is 0 Å². The second-order valence-electron chi connectivity index (χ2n) is 6.56. The molecule has 124 valence electrons. The maximum atomic E-state index is 6.29. The summed E-state index contributed by atoms with van der Waals surface area (Å²) < 4.78 is 14.3. The van der Waals surface area contributed by atoms with Crippen molar-refractivity contribution >= 4 is 43.9 Å². The minimum atomic E-state index is 0.856. The molecule has 0 spiro atoms. The number of hydrogen-bond donors (Lipinski definition) is 0. The molecule has 6 rings (SSSR count). The minimum absolute atomic E-state index is 0.856. The molecule has 0 amide bonds. The Bertz CT molecular complexity index is 1450. The van der Waals surface area contributed by atoms with Crippen LogP contribution < -0.4 is 0 Å². The topological polar surface area (TPSA) is 44.1 Å². The number of aromatic nitrogens is 2. The minimum Gasteiger partial charge on any atom is -0.456 e. The third-order valence-electron chi connectivity index (χ3n) is 5.06. The monoisotopic (exact) mass is 338 g/mol. The number of imidazole rings is 1. The number of fused-ring (bicyclic) bond motifs is 7. The maximum Gasteiger partial charge on any atom is 0.146 e. The molecule has 0 radical (unpaired) electrons. The van der Waals surface area contributed by atoms with Crippen molar-refractivity contribution in [2.45, 2.75) is 0 Å². The van der Waals surface area contributed by atoms with Gasteiger partial charge in [-0.1, -0.05) is 30.3 Å². The van der Waals surface area contributed by atoms with Crippen LogP contribution in [0.4, 0.5) is 0 Å². The molecule has 0 fully saturated rings. The van der Waals surface area contributed by atoms with Crippen LogP contribution in [0, 0.1) is 0 Å². The second kappa shape index (κ2) is 4.76. The van der Waals surface area contributed by atoms with Crippen molar-refractivity contribution in [3.8, 4) is 11.4 Å². The van der Waals surface area contributed by atoms with E-state index in [2.05, 4.69) is 29.2 Å². The van der Waals surface area contributed by atoms with E-state index >= 15 is 0 Å². The molecular weight excluding hydrogens is 324 g/mol. The number of benzene rings is 3. The van der Waals surface area contributed by atoms with Crippen molar-refractivity contribution in [2.75, 3.05) is 0 Å². The van der Waals surface area contributed by atoms with Crippen LogP contribution in [0.25, 0.3) is 55.3 Å². The highest BCUT2D eigenvalue weighted by molar-refractivity contribution is 6.26. The Kier molecular flexibility index (Phi) is 2.51. The lowest BCUT2D eigenvalue weighted by atomic mass is 10.0. The van der Waals surface area contributed by atoms with Crippen molar-refractivity contribution < 1.29 is 8.83 Å². The van der Waals surface area contributed by atoms with Crippen LogP contribution >= 0.6 is 0 Å². The van der Waals surface area contributed by atoms with E-state index in [1.807, 2.05) is 48.1 Å². The van der Waals surface area contributed by atoms with Crippen LogP contribution in [0.15, 0.2) is 75.8 Å². The lowest BCUT2D eigenvalue weighted by Gasteiger charge is -2.02. The Morgan fingerprint density at radius 3 is 2.38 bits per heavy atom. The van der Waals surface area contributed by atoms with Crippen molar-refractivity contribution in [2.24, 2.45) is 7.05 Å². The van der Waals surface area contributed by atoms with Crippen LogP contribution in [-0.2, 0) is 7.05 Å². The summed E-state index contributed by atoms with van der Waals surface area (Å²) in [4.78, 5) is 4.49. The molecule has 4 heteroatoms. The van der Waals surface area contributed by atoms with E-state index in [0.29, 0.717) is 0 Å². The van der Waals surface area contributed by atoms with Gasteiger partial charge < -0.3 is 13.4 Å². The highest BCUT2D eigenvalue weighted by Crippen LogP contribution is 2.41. The number of nitrogens with zero attached hydrogens (tertiary/aromatic N) is 2. The first-order chi connectivity index (χ1) is 12.8. The molecule has 0 bridgehead atoms. The SMILES string of the molecule is Cn1ccnc1-c1cccc2c1oc1ccc3oc4ccccc4c3c12. The van der Waals surface area contributed by atoms with Crippen molar-refractivity contribution in [3.63, 3.8) is 0 Å². The van der Waals surface area contributed by atoms with Gasteiger partial charge in [-0.05, 0) is 24.3 Å². The van der Waals surface area contributed by atoms with Crippen molar-refractivity contribution in [3.05, 3.63) is 67.0 Å². The molecule has 0 N–H and O–H groups in total. The van der Waals surface area contributed by atoms with E-state index in [0.717, 1.165) is 55.3 Å². The second-order valence-corrected chi connectivity index (χ2v) is 6.56. The van der Waals surface area contributed by atoms with Gasteiger partial charge in [-0.25, -0.2) is 4.98 Å². The number of furan rings is 2. The molecule has 3 heterocycles. The Morgan fingerprint density at radius 1 is 0.769 bits per heavy atom. The Labute approximate surface area is 148 Å². The van der Waals surface area contributed by atoms with Gasteiger partial charge in [0.15, 0.2) is 0 Å². The lowest BCUT2D eigenvalue weighted by molar-refractivity contribution is 0.663. The molecule has 0 aliphatic rings. The fourth-order valence-electron chi connectivity index (χ4n) is 3.91. The van der Waals surface area contributed by atoms with Crippen LogP contribution in [0.2, 0.25) is 0 Å². The fourth-order valence-corrected chi connectivity index (χ4v) is 3.91. The number of rotatable bonds is 1. The van der Waals surface area contributed by atoms with Crippen molar-refractivity contribution in [1.29, 1.82) is 0 Å².